The number of carboxylic acid groups (broad SMARTS) is 1. The molecule has 1 aliphatic carbocycles. The van der Waals surface area contributed by atoms with Gasteiger partial charge >= 0.3 is 12.0 Å². The number of urea groups is 1. The summed E-state index contributed by atoms with van der Waals surface area (Å²) in [7, 11) is 0. The molecule has 2 heterocycles. The van der Waals surface area contributed by atoms with E-state index in [0.717, 1.165) is 31.5 Å². The number of rotatable bonds is 6. The highest BCUT2D eigenvalue weighted by Gasteiger charge is 2.40. The van der Waals surface area contributed by atoms with Crippen LogP contribution in [0.3, 0.4) is 0 Å². The molecule has 1 aromatic carbocycles. The van der Waals surface area contributed by atoms with Gasteiger partial charge in [-0.15, -0.1) is 0 Å². The maximum absolute atomic E-state index is 13.7. The van der Waals surface area contributed by atoms with E-state index >= 15 is 0 Å². The number of hydrogen-bond acceptors (Lipinski definition) is 3. The Bertz CT molecular complexity index is 765. The minimum atomic E-state index is -0.796. The van der Waals surface area contributed by atoms with Crippen molar-refractivity contribution >= 4 is 17.7 Å². The Kier molecular flexibility index (Phi) is 7.71. The normalized spacial score (nSPS) is 27.4. The number of anilines is 1. The molecule has 0 spiro atoms. The molecular formula is C26H39N3O3. The van der Waals surface area contributed by atoms with Gasteiger partial charge in [0.1, 0.15) is 0 Å². The number of hydrogen-bond donors (Lipinski definition) is 1. The van der Waals surface area contributed by atoms with Crippen LogP contribution in [0, 0.1) is 5.92 Å². The third-order valence-electron chi connectivity index (χ3n) is 7.81. The van der Waals surface area contributed by atoms with Gasteiger partial charge in [-0.3, -0.25) is 14.6 Å². The second-order valence-electron chi connectivity index (χ2n) is 9.91. The first-order valence-corrected chi connectivity index (χ1v) is 12.7. The topological polar surface area (TPSA) is 64.1 Å². The molecule has 2 saturated heterocycles. The van der Waals surface area contributed by atoms with Crippen molar-refractivity contribution in [3.8, 4) is 0 Å². The number of nitrogens with zero attached hydrogens (tertiary/aromatic N) is 3. The summed E-state index contributed by atoms with van der Waals surface area (Å²) in [5.74, 6) is -1.24. The van der Waals surface area contributed by atoms with Crippen LogP contribution in [0.4, 0.5) is 10.5 Å². The van der Waals surface area contributed by atoms with Gasteiger partial charge in [0.05, 0.1) is 5.92 Å². The first kappa shape index (κ1) is 23.1. The van der Waals surface area contributed by atoms with Gasteiger partial charge in [0.25, 0.3) is 0 Å². The highest BCUT2D eigenvalue weighted by Crippen LogP contribution is 2.34. The van der Waals surface area contributed by atoms with E-state index in [-0.39, 0.29) is 12.1 Å². The molecule has 0 bridgehead atoms. The molecule has 1 saturated carbocycles. The van der Waals surface area contributed by atoms with E-state index < -0.39 is 11.9 Å². The van der Waals surface area contributed by atoms with Crippen molar-refractivity contribution in [1.82, 2.24) is 9.80 Å². The summed E-state index contributed by atoms with van der Waals surface area (Å²) in [5, 5.41) is 9.41. The average molecular weight is 442 g/mol. The van der Waals surface area contributed by atoms with Crippen molar-refractivity contribution in [2.75, 3.05) is 24.5 Å². The minimum Gasteiger partial charge on any atom is -0.481 e. The van der Waals surface area contributed by atoms with Crippen molar-refractivity contribution in [3.05, 3.63) is 30.3 Å². The summed E-state index contributed by atoms with van der Waals surface area (Å²) in [6.45, 7) is 4.16. The maximum atomic E-state index is 13.7. The molecule has 3 atom stereocenters. The van der Waals surface area contributed by atoms with Crippen LogP contribution in [0.1, 0.15) is 71.1 Å². The standard InChI is InChI=1S/C26H39N3O3/c1-2-9-23-18-24(15-17-28(23)21-10-5-3-6-11-21)29(22-12-7-4-8-13-22)26(32)27-16-14-20(19-27)25(30)31/h4,7-8,12-13,20-21,23-24H,2-3,5-6,9-11,14-19H2,1H3,(H,30,31)/t20-,23-,24-/m1/s1. The van der Waals surface area contributed by atoms with Gasteiger partial charge < -0.3 is 10.0 Å². The van der Waals surface area contributed by atoms with Gasteiger partial charge in [-0.25, -0.2) is 4.79 Å². The van der Waals surface area contributed by atoms with Crippen molar-refractivity contribution < 1.29 is 14.7 Å². The molecule has 6 nitrogen and oxygen atoms in total. The first-order valence-electron chi connectivity index (χ1n) is 12.7. The third kappa shape index (κ3) is 5.11. The number of carboxylic acids is 1. The van der Waals surface area contributed by atoms with Crippen LogP contribution in [0.5, 0.6) is 0 Å². The van der Waals surface area contributed by atoms with Gasteiger partial charge in [-0.2, -0.15) is 0 Å². The fraction of sp³-hybridized carbons (Fsp3) is 0.692. The highest BCUT2D eigenvalue weighted by atomic mass is 16.4. The Hall–Kier alpha value is -2.08. The monoisotopic (exact) mass is 441 g/mol. The predicted octanol–water partition coefficient (Wildman–Crippen LogP) is 4.99. The predicted molar refractivity (Wildman–Crippen MR) is 127 cm³/mol. The number of piperidine rings is 1. The Labute approximate surface area is 192 Å². The Morgan fingerprint density at radius 2 is 1.78 bits per heavy atom. The van der Waals surface area contributed by atoms with Crippen LogP contribution >= 0.6 is 0 Å². The molecular weight excluding hydrogens is 402 g/mol. The summed E-state index contributed by atoms with van der Waals surface area (Å²) in [4.78, 5) is 31.7. The van der Waals surface area contributed by atoms with E-state index in [2.05, 4.69) is 11.8 Å². The quantitative estimate of drug-likeness (QED) is 0.676. The first-order chi connectivity index (χ1) is 15.6. The van der Waals surface area contributed by atoms with Crippen molar-refractivity contribution in [1.29, 1.82) is 0 Å². The van der Waals surface area contributed by atoms with E-state index in [1.165, 1.54) is 38.5 Å². The van der Waals surface area contributed by atoms with Crippen LogP contribution in [-0.4, -0.2) is 64.7 Å². The minimum absolute atomic E-state index is 0.0219. The average Bonchev–Trinajstić information content (AvgIpc) is 3.32. The number of carbonyl (C=O) groups is 2. The second kappa shape index (κ2) is 10.7. The summed E-state index contributed by atoms with van der Waals surface area (Å²) >= 11 is 0. The number of amides is 2. The van der Waals surface area contributed by atoms with Crippen molar-refractivity contribution in [2.24, 2.45) is 5.92 Å². The summed E-state index contributed by atoms with van der Waals surface area (Å²) in [6.07, 6.45) is 11.6. The zero-order chi connectivity index (χ0) is 22.5. The molecule has 0 unspecified atom stereocenters. The van der Waals surface area contributed by atoms with Crippen molar-refractivity contribution in [3.63, 3.8) is 0 Å². The van der Waals surface area contributed by atoms with Crippen LogP contribution in [0.25, 0.3) is 0 Å². The molecule has 3 fully saturated rings. The summed E-state index contributed by atoms with van der Waals surface area (Å²) < 4.78 is 0. The van der Waals surface area contributed by atoms with E-state index in [1.807, 2.05) is 35.2 Å². The molecule has 1 N–H and O–H groups in total. The van der Waals surface area contributed by atoms with E-state index in [9.17, 15) is 14.7 Å². The summed E-state index contributed by atoms with van der Waals surface area (Å²) in [6, 6.07) is 11.4. The SMILES string of the molecule is CCC[C@@H]1C[C@H](N(C(=O)N2CC[C@@H](C(=O)O)C2)c2ccccc2)CCN1C1CCCCC1. The molecule has 6 heteroatoms. The van der Waals surface area contributed by atoms with E-state index in [0.29, 0.717) is 31.6 Å². The molecule has 4 rings (SSSR count). The molecule has 2 amide bonds. The highest BCUT2D eigenvalue weighted by molar-refractivity contribution is 5.93. The van der Waals surface area contributed by atoms with Gasteiger partial charge in [-0.1, -0.05) is 50.8 Å². The molecule has 1 aromatic rings. The number of likely N-dealkylation sites (tertiary alicyclic amines) is 2. The van der Waals surface area contributed by atoms with Crippen molar-refractivity contribution in [2.45, 2.75) is 89.3 Å². The smallest absolute Gasteiger partial charge is 0.324 e. The lowest BCUT2D eigenvalue weighted by molar-refractivity contribution is -0.141. The molecule has 3 aliphatic rings. The number of carbonyl (C=O) groups excluding carboxylic acids is 1. The molecule has 0 aromatic heterocycles. The lowest BCUT2D eigenvalue weighted by Crippen LogP contribution is -2.56. The zero-order valence-corrected chi connectivity index (χ0v) is 19.5. The molecule has 176 valence electrons. The lowest BCUT2D eigenvalue weighted by atomic mass is 9.87. The number of aliphatic carboxylic acids is 1. The maximum Gasteiger partial charge on any atom is 0.324 e. The largest absolute Gasteiger partial charge is 0.481 e. The molecule has 32 heavy (non-hydrogen) atoms. The van der Waals surface area contributed by atoms with Gasteiger partial charge in [0.2, 0.25) is 0 Å². The third-order valence-corrected chi connectivity index (χ3v) is 7.81. The summed E-state index contributed by atoms with van der Waals surface area (Å²) in [5.41, 5.74) is 0.933. The van der Waals surface area contributed by atoms with Crippen LogP contribution in [0.15, 0.2) is 30.3 Å². The zero-order valence-electron chi connectivity index (χ0n) is 19.5. The van der Waals surface area contributed by atoms with E-state index in [4.69, 9.17) is 0 Å². The Morgan fingerprint density at radius 1 is 1.03 bits per heavy atom. The van der Waals surface area contributed by atoms with Gasteiger partial charge in [0.15, 0.2) is 0 Å². The van der Waals surface area contributed by atoms with Crippen LogP contribution in [-0.2, 0) is 4.79 Å². The fourth-order valence-corrected chi connectivity index (χ4v) is 6.15. The van der Waals surface area contributed by atoms with Crippen LogP contribution in [0.2, 0.25) is 0 Å². The lowest BCUT2D eigenvalue weighted by Gasteiger charge is -2.48. The van der Waals surface area contributed by atoms with Crippen LogP contribution < -0.4 is 4.90 Å². The second-order valence-corrected chi connectivity index (χ2v) is 9.91. The number of para-hydroxylation sites is 1. The fourth-order valence-electron chi connectivity index (χ4n) is 6.15. The Balaban J connectivity index is 1.53. The molecule has 2 aliphatic heterocycles. The number of benzene rings is 1. The Morgan fingerprint density at radius 3 is 2.44 bits per heavy atom. The molecule has 0 radical (unpaired) electrons. The van der Waals surface area contributed by atoms with Gasteiger partial charge in [0, 0.05) is 43.4 Å². The van der Waals surface area contributed by atoms with E-state index in [1.54, 1.807) is 4.90 Å². The van der Waals surface area contributed by atoms with Gasteiger partial charge in [-0.05, 0) is 50.7 Å².